The van der Waals surface area contributed by atoms with Crippen molar-refractivity contribution in [3.8, 4) is 0 Å². The molecule has 2 unspecified atom stereocenters. The molecule has 4 heteroatoms. The smallest absolute Gasteiger partial charge is 0.315 e. The van der Waals surface area contributed by atoms with E-state index >= 15 is 0 Å². The van der Waals surface area contributed by atoms with Gasteiger partial charge in [0.2, 0.25) is 0 Å². The third-order valence-electron chi connectivity index (χ3n) is 4.78. The van der Waals surface area contributed by atoms with E-state index in [-0.39, 0.29) is 11.9 Å². The standard InChI is InChI=1S/C21H22N2O2/c1-13-8-5-6-10-17(13)20-18(16-9-7-11-22-12-16)14(2)23-15(3)19(20)21(24)25-4/h5-12,19-20H,1-4H3. The third kappa shape index (κ3) is 3.12. The van der Waals surface area contributed by atoms with Crippen LogP contribution in [0.25, 0.3) is 5.57 Å². The SMILES string of the molecule is COC(=O)C1C(C)=NC(C)=C(c2cccnc2)C1c1ccccc1C. The number of esters is 1. The highest BCUT2D eigenvalue weighted by atomic mass is 16.5. The number of pyridine rings is 1. The van der Waals surface area contributed by atoms with Gasteiger partial charge in [0.1, 0.15) is 5.92 Å². The molecule has 3 rings (SSSR count). The molecule has 0 spiro atoms. The van der Waals surface area contributed by atoms with E-state index in [1.807, 2.05) is 44.3 Å². The molecule has 2 atom stereocenters. The van der Waals surface area contributed by atoms with Gasteiger partial charge in [0.25, 0.3) is 0 Å². The number of ether oxygens (including phenoxy) is 1. The average Bonchev–Trinajstić information content (AvgIpc) is 2.62. The number of nitrogens with zero attached hydrogens (tertiary/aromatic N) is 2. The van der Waals surface area contributed by atoms with E-state index < -0.39 is 5.92 Å². The van der Waals surface area contributed by atoms with Crippen molar-refractivity contribution in [3.63, 3.8) is 0 Å². The summed E-state index contributed by atoms with van der Waals surface area (Å²) in [5.41, 5.74) is 5.97. The molecule has 1 aromatic carbocycles. The number of hydrogen-bond acceptors (Lipinski definition) is 4. The Labute approximate surface area is 148 Å². The Balaban J connectivity index is 2.27. The summed E-state index contributed by atoms with van der Waals surface area (Å²) in [6.07, 6.45) is 3.58. The van der Waals surface area contributed by atoms with Gasteiger partial charge in [-0.3, -0.25) is 14.8 Å². The second-order valence-corrected chi connectivity index (χ2v) is 6.33. The minimum absolute atomic E-state index is 0.143. The maximum absolute atomic E-state index is 12.6. The molecule has 128 valence electrons. The monoisotopic (exact) mass is 334 g/mol. The summed E-state index contributed by atoms with van der Waals surface area (Å²) in [6.45, 7) is 5.96. The second-order valence-electron chi connectivity index (χ2n) is 6.33. The molecule has 1 aliphatic rings. The highest BCUT2D eigenvalue weighted by molar-refractivity contribution is 6.06. The molecular formula is C21H22N2O2. The fourth-order valence-corrected chi connectivity index (χ4v) is 3.64. The Hall–Kier alpha value is -2.75. The Morgan fingerprint density at radius 3 is 2.48 bits per heavy atom. The van der Waals surface area contributed by atoms with Crippen LogP contribution in [0.15, 0.2) is 59.5 Å². The minimum Gasteiger partial charge on any atom is -0.468 e. The summed E-state index contributed by atoms with van der Waals surface area (Å²) in [4.78, 5) is 21.5. The second kappa shape index (κ2) is 7.01. The van der Waals surface area contributed by atoms with Crippen LogP contribution < -0.4 is 0 Å². The van der Waals surface area contributed by atoms with E-state index in [0.29, 0.717) is 0 Å². The number of rotatable bonds is 3. The Kier molecular flexibility index (Phi) is 4.79. The van der Waals surface area contributed by atoms with Crippen molar-refractivity contribution >= 4 is 17.3 Å². The van der Waals surface area contributed by atoms with E-state index in [0.717, 1.165) is 33.7 Å². The van der Waals surface area contributed by atoms with Gasteiger partial charge >= 0.3 is 5.97 Å². The average molecular weight is 334 g/mol. The number of hydrogen-bond donors (Lipinski definition) is 0. The van der Waals surface area contributed by atoms with Crippen LogP contribution in [0.2, 0.25) is 0 Å². The predicted molar refractivity (Wildman–Crippen MR) is 99.4 cm³/mol. The van der Waals surface area contributed by atoms with Gasteiger partial charge in [-0.1, -0.05) is 30.3 Å². The van der Waals surface area contributed by atoms with Gasteiger partial charge in [-0.25, -0.2) is 0 Å². The summed E-state index contributed by atoms with van der Waals surface area (Å²) >= 11 is 0. The fraction of sp³-hybridized carbons (Fsp3) is 0.286. The maximum atomic E-state index is 12.6. The molecule has 0 saturated carbocycles. The molecular weight excluding hydrogens is 312 g/mol. The number of carbonyl (C=O) groups excluding carboxylic acids is 1. The van der Waals surface area contributed by atoms with E-state index in [1.54, 1.807) is 6.20 Å². The lowest BCUT2D eigenvalue weighted by Crippen LogP contribution is -2.33. The molecule has 0 bridgehead atoms. The van der Waals surface area contributed by atoms with Crippen LogP contribution in [0, 0.1) is 12.8 Å². The summed E-state index contributed by atoms with van der Waals surface area (Å²) in [6, 6.07) is 12.1. The van der Waals surface area contributed by atoms with Gasteiger partial charge in [-0.15, -0.1) is 0 Å². The number of aryl methyl sites for hydroxylation is 1. The Morgan fingerprint density at radius 2 is 1.84 bits per heavy atom. The molecule has 1 aliphatic heterocycles. The summed E-state index contributed by atoms with van der Waals surface area (Å²) < 4.78 is 5.11. The van der Waals surface area contributed by atoms with E-state index in [4.69, 9.17) is 4.74 Å². The highest BCUT2D eigenvalue weighted by Crippen LogP contribution is 2.45. The topological polar surface area (TPSA) is 51.5 Å². The molecule has 0 saturated heterocycles. The first-order valence-electron chi connectivity index (χ1n) is 8.34. The number of methoxy groups -OCH3 is 1. The fourth-order valence-electron chi connectivity index (χ4n) is 3.64. The Bertz CT molecular complexity index is 853. The van der Waals surface area contributed by atoms with Crippen LogP contribution in [-0.2, 0) is 9.53 Å². The summed E-state index contributed by atoms with van der Waals surface area (Å²) in [7, 11) is 1.43. The number of allylic oxidation sites excluding steroid dienone is 2. The van der Waals surface area contributed by atoms with Gasteiger partial charge < -0.3 is 4.74 Å². The van der Waals surface area contributed by atoms with Gasteiger partial charge in [-0.05, 0) is 49.1 Å². The highest BCUT2D eigenvalue weighted by Gasteiger charge is 2.40. The third-order valence-corrected chi connectivity index (χ3v) is 4.78. The molecule has 25 heavy (non-hydrogen) atoms. The molecule has 2 aromatic rings. The van der Waals surface area contributed by atoms with Crippen molar-refractivity contribution in [1.29, 1.82) is 0 Å². The van der Waals surface area contributed by atoms with Crippen molar-refractivity contribution in [2.24, 2.45) is 10.9 Å². The van der Waals surface area contributed by atoms with Crippen molar-refractivity contribution in [2.45, 2.75) is 26.7 Å². The first kappa shape index (κ1) is 17.1. The van der Waals surface area contributed by atoms with Crippen molar-refractivity contribution < 1.29 is 9.53 Å². The summed E-state index contributed by atoms with van der Waals surface area (Å²) in [5, 5.41) is 0. The van der Waals surface area contributed by atoms with Crippen LogP contribution in [0.3, 0.4) is 0 Å². The molecule has 0 N–H and O–H groups in total. The van der Waals surface area contributed by atoms with Crippen molar-refractivity contribution in [1.82, 2.24) is 4.98 Å². The lowest BCUT2D eigenvalue weighted by atomic mass is 9.72. The normalized spacial score (nSPS) is 20.2. The quantitative estimate of drug-likeness (QED) is 0.792. The number of benzene rings is 1. The van der Waals surface area contributed by atoms with Gasteiger partial charge in [-0.2, -0.15) is 0 Å². The number of aliphatic imine (C=N–C) groups is 1. The van der Waals surface area contributed by atoms with Gasteiger partial charge in [0, 0.05) is 29.7 Å². The molecule has 2 heterocycles. The molecule has 0 fully saturated rings. The molecule has 0 amide bonds. The number of aromatic nitrogens is 1. The Morgan fingerprint density at radius 1 is 1.08 bits per heavy atom. The lowest BCUT2D eigenvalue weighted by Gasteiger charge is -2.33. The molecule has 1 aromatic heterocycles. The number of carbonyl (C=O) groups is 1. The molecule has 0 aliphatic carbocycles. The first-order chi connectivity index (χ1) is 12.0. The largest absolute Gasteiger partial charge is 0.468 e. The summed E-state index contributed by atoms with van der Waals surface area (Å²) in [5.74, 6) is -0.844. The predicted octanol–water partition coefficient (Wildman–Crippen LogP) is 4.17. The van der Waals surface area contributed by atoms with Gasteiger partial charge in [0.05, 0.1) is 7.11 Å². The van der Waals surface area contributed by atoms with Crippen LogP contribution >= 0.6 is 0 Å². The van der Waals surface area contributed by atoms with Crippen LogP contribution in [0.5, 0.6) is 0 Å². The zero-order chi connectivity index (χ0) is 18.0. The van der Waals surface area contributed by atoms with Crippen molar-refractivity contribution in [2.75, 3.05) is 7.11 Å². The zero-order valence-electron chi connectivity index (χ0n) is 15.0. The molecule has 0 radical (unpaired) electrons. The van der Waals surface area contributed by atoms with E-state index in [2.05, 4.69) is 29.0 Å². The first-order valence-corrected chi connectivity index (χ1v) is 8.34. The van der Waals surface area contributed by atoms with E-state index in [9.17, 15) is 4.79 Å². The van der Waals surface area contributed by atoms with E-state index in [1.165, 1.54) is 7.11 Å². The molecule has 4 nitrogen and oxygen atoms in total. The van der Waals surface area contributed by atoms with Crippen LogP contribution in [0.4, 0.5) is 0 Å². The minimum atomic E-state index is -0.440. The zero-order valence-corrected chi connectivity index (χ0v) is 15.0. The lowest BCUT2D eigenvalue weighted by molar-refractivity contribution is -0.143. The van der Waals surface area contributed by atoms with Crippen LogP contribution in [-0.4, -0.2) is 23.8 Å². The van der Waals surface area contributed by atoms with Crippen LogP contribution in [0.1, 0.15) is 36.5 Å². The van der Waals surface area contributed by atoms with Crippen molar-refractivity contribution in [3.05, 3.63) is 71.2 Å². The van der Waals surface area contributed by atoms with Gasteiger partial charge in [0.15, 0.2) is 0 Å². The maximum Gasteiger partial charge on any atom is 0.315 e.